The summed E-state index contributed by atoms with van der Waals surface area (Å²) in [5.41, 5.74) is 2.66. The second-order valence-electron chi connectivity index (χ2n) is 4.99. The zero-order valence-electron chi connectivity index (χ0n) is 12.4. The molecule has 5 nitrogen and oxygen atoms in total. The van der Waals surface area contributed by atoms with Gasteiger partial charge in [-0.3, -0.25) is 9.59 Å². The average molecular weight is 311 g/mol. The van der Waals surface area contributed by atoms with Crippen molar-refractivity contribution < 1.29 is 19.8 Å². The van der Waals surface area contributed by atoms with E-state index < -0.39 is 11.9 Å². The van der Waals surface area contributed by atoms with Crippen molar-refractivity contribution >= 4 is 22.8 Å². The van der Waals surface area contributed by atoms with Crippen LogP contribution in [0.4, 0.5) is 0 Å². The molecule has 0 saturated heterocycles. The third kappa shape index (κ3) is 5.00. The van der Waals surface area contributed by atoms with Crippen LogP contribution in [0.25, 0.3) is 10.9 Å². The van der Waals surface area contributed by atoms with Gasteiger partial charge in [0.1, 0.15) is 0 Å². The summed E-state index contributed by atoms with van der Waals surface area (Å²) in [6, 6.07) is 16.8. The number of carbonyl (C=O) groups is 2. The molecular weight excluding hydrogens is 294 g/mol. The molecule has 0 atom stereocenters. The molecule has 2 aromatic carbocycles. The van der Waals surface area contributed by atoms with Crippen LogP contribution < -0.4 is 0 Å². The van der Waals surface area contributed by atoms with E-state index in [4.69, 9.17) is 10.2 Å². The predicted molar refractivity (Wildman–Crippen MR) is 87.4 cm³/mol. The van der Waals surface area contributed by atoms with E-state index in [9.17, 15) is 9.59 Å². The van der Waals surface area contributed by atoms with Gasteiger partial charge >= 0.3 is 11.9 Å². The highest BCUT2D eigenvalue weighted by Crippen LogP contribution is 2.17. The number of carboxylic acids is 2. The van der Waals surface area contributed by atoms with Gasteiger partial charge < -0.3 is 15.2 Å². The van der Waals surface area contributed by atoms with Gasteiger partial charge in [0.2, 0.25) is 0 Å². The molecule has 1 heterocycles. The quantitative estimate of drug-likeness (QED) is 0.690. The molecule has 3 N–H and O–H groups in total. The fraction of sp³-hybridized carbons (Fsp3) is 0.111. The van der Waals surface area contributed by atoms with Crippen molar-refractivity contribution in [2.45, 2.75) is 12.8 Å². The van der Waals surface area contributed by atoms with Gasteiger partial charge in [0.25, 0.3) is 0 Å². The first-order valence-electron chi connectivity index (χ1n) is 7.09. The number of fused-ring (bicyclic) bond motifs is 1. The Morgan fingerprint density at radius 1 is 0.826 bits per heavy atom. The van der Waals surface area contributed by atoms with Gasteiger partial charge in [-0.2, -0.15) is 0 Å². The monoisotopic (exact) mass is 311 g/mol. The van der Waals surface area contributed by atoms with Crippen LogP contribution >= 0.6 is 0 Å². The predicted octanol–water partition coefficient (Wildman–Crippen LogP) is 3.11. The summed E-state index contributed by atoms with van der Waals surface area (Å²) in [5, 5.41) is 18.0. The van der Waals surface area contributed by atoms with Crippen LogP contribution in [0.15, 0.2) is 60.8 Å². The Bertz CT molecular complexity index is 793. The van der Waals surface area contributed by atoms with Crippen molar-refractivity contribution in [1.82, 2.24) is 4.98 Å². The first kappa shape index (κ1) is 16.3. The molecule has 0 bridgehead atoms. The van der Waals surface area contributed by atoms with Crippen LogP contribution in [0, 0.1) is 0 Å². The Balaban J connectivity index is 0.000000174. The molecule has 3 aromatic rings. The fourth-order valence-electron chi connectivity index (χ4n) is 2.21. The van der Waals surface area contributed by atoms with Gasteiger partial charge in [-0.25, -0.2) is 0 Å². The Kier molecular flexibility index (Phi) is 5.52. The summed E-state index contributed by atoms with van der Waals surface area (Å²) < 4.78 is 0. The van der Waals surface area contributed by atoms with E-state index in [0.717, 1.165) is 22.0 Å². The molecule has 5 heteroatoms. The van der Waals surface area contributed by atoms with E-state index in [-0.39, 0.29) is 12.8 Å². The normalized spacial score (nSPS) is 9.91. The molecule has 0 spiro atoms. The Hall–Kier alpha value is -3.08. The van der Waals surface area contributed by atoms with Crippen molar-refractivity contribution in [3.63, 3.8) is 0 Å². The van der Waals surface area contributed by atoms with Crippen molar-refractivity contribution in [1.29, 1.82) is 0 Å². The molecule has 0 aliphatic carbocycles. The number of hydrogen-bond acceptors (Lipinski definition) is 2. The maximum Gasteiger partial charge on any atom is 0.307 e. The van der Waals surface area contributed by atoms with Gasteiger partial charge in [-0.05, 0) is 17.2 Å². The number of benzene rings is 2. The Labute approximate surface area is 133 Å². The molecular formula is C18H17NO4. The number of rotatable bonds is 4. The number of aliphatic carboxylic acids is 2. The number of para-hydroxylation sites is 1. The lowest BCUT2D eigenvalue weighted by atomic mass is 10.1. The smallest absolute Gasteiger partial charge is 0.307 e. The summed E-state index contributed by atoms with van der Waals surface area (Å²) in [5.74, 6) is -1.59. The molecule has 118 valence electrons. The minimum absolute atomic E-state index is 0.0734. The maximum absolute atomic E-state index is 10.5. The molecule has 0 unspecified atom stereocenters. The molecule has 0 saturated carbocycles. The molecule has 0 fully saturated rings. The maximum atomic E-state index is 10.5. The summed E-state index contributed by atoms with van der Waals surface area (Å²) >= 11 is 0. The minimum Gasteiger partial charge on any atom is -0.481 e. The van der Waals surface area contributed by atoms with Crippen LogP contribution in [0.3, 0.4) is 0 Å². The molecule has 23 heavy (non-hydrogen) atoms. The topological polar surface area (TPSA) is 90.4 Å². The van der Waals surface area contributed by atoms with Crippen LogP contribution in [0.1, 0.15) is 11.1 Å². The van der Waals surface area contributed by atoms with Gasteiger partial charge in [-0.1, -0.05) is 48.5 Å². The number of nitrogens with one attached hydrogen (secondary N) is 1. The van der Waals surface area contributed by atoms with Gasteiger partial charge in [0.15, 0.2) is 0 Å². The molecule has 0 radical (unpaired) electrons. The summed E-state index contributed by atoms with van der Waals surface area (Å²) in [6.45, 7) is 0. The van der Waals surface area contributed by atoms with Crippen molar-refractivity contribution in [3.8, 4) is 0 Å². The molecule has 1 aromatic heterocycles. The molecule has 3 rings (SSSR count). The van der Waals surface area contributed by atoms with Crippen molar-refractivity contribution in [2.75, 3.05) is 0 Å². The summed E-state index contributed by atoms with van der Waals surface area (Å²) in [4.78, 5) is 23.7. The summed E-state index contributed by atoms with van der Waals surface area (Å²) in [6.07, 6.45) is 1.93. The van der Waals surface area contributed by atoms with Crippen LogP contribution in [-0.2, 0) is 22.4 Å². The highest BCUT2D eigenvalue weighted by Gasteiger charge is 2.05. The number of aromatic amines is 1. The van der Waals surface area contributed by atoms with E-state index in [1.165, 1.54) is 0 Å². The lowest BCUT2D eigenvalue weighted by molar-refractivity contribution is -0.137. The molecule has 0 amide bonds. The van der Waals surface area contributed by atoms with E-state index in [2.05, 4.69) is 4.98 Å². The van der Waals surface area contributed by atoms with Crippen LogP contribution in [0.5, 0.6) is 0 Å². The number of H-pyrrole nitrogens is 1. The highest BCUT2D eigenvalue weighted by atomic mass is 16.4. The SMILES string of the molecule is O=C(O)Cc1c[nH]c2ccccc12.O=C(O)Cc1ccccc1. The standard InChI is InChI=1S/C10H9NO2.C8H8O2/c12-10(13)5-7-6-11-9-4-2-1-3-8(7)9;9-8(10)6-7-4-2-1-3-5-7/h1-4,6,11H,5H2,(H,12,13);1-5H,6H2,(H,9,10). The zero-order valence-corrected chi connectivity index (χ0v) is 12.4. The van der Waals surface area contributed by atoms with Crippen LogP contribution in [-0.4, -0.2) is 27.1 Å². The largest absolute Gasteiger partial charge is 0.481 e. The highest BCUT2D eigenvalue weighted by molar-refractivity contribution is 5.86. The third-order valence-electron chi connectivity index (χ3n) is 3.21. The first-order valence-corrected chi connectivity index (χ1v) is 7.09. The number of hydrogen-bond donors (Lipinski definition) is 3. The Morgan fingerprint density at radius 2 is 1.43 bits per heavy atom. The molecule has 0 aliphatic rings. The second-order valence-corrected chi connectivity index (χ2v) is 4.99. The van der Waals surface area contributed by atoms with E-state index >= 15 is 0 Å². The zero-order chi connectivity index (χ0) is 16.7. The van der Waals surface area contributed by atoms with E-state index in [1.807, 2.05) is 42.5 Å². The van der Waals surface area contributed by atoms with Crippen molar-refractivity contribution in [2.24, 2.45) is 0 Å². The number of aromatic nitrogens is 1. The minimum atomic E-state index is -0.801. The average Bonchev–Trinajstić information content (AvgIpc) is 2.91. The van der Waals surface area contributed by atoms with Crippen molar-refractivity contribution in [3.05, 3.63) is 71.9 Å². The first-order chi connectivity index (χ1) is 11.1. The Morgan fingerprint density at radius 3 is 2.09 bits per heavy atom. The van der Waals surface area contributed by atoms with E-state index in [1.54, 1.807) is 18.3 Å². The third-order valence-corrected chi connectivity index (χ3v) is 3.21. The van der Waals surface area contributed by atoms with Gasteiger partial charge in [0.05, 0.1) is 12.8 Å². The second kappa shape index (κ2) is 7.79. The van der Waals surface area contributed by atoms with Gasteiger partial charge in [-0.15, -0.1) is 0 Å². The number of carboxylic acid groups (broad SMARTS) is 2. The lowest BCUT2D eigenvalue weighted by Crippen LogP contribution is -1.98. The van der Waals surface area contributed by atoms with Crippen LogP contribution in [0.2, 0.25) is 0 Å². The summed E-state index contributed by atoms with van der Waals surface area (Å²) in [7, 11) is 0. The fourth-order valence-corrected chi connectivity index (χ4v) is 2.21. The molecule has 0 aliphatic heterocycles. The van der Waals surface area contributed by atoms with E-state index in [0.29, 0.717) is 0 Å². The van der Waals surface area contributed by atoms with Gasteiger partial charge in [0, 0.05) is 17.1 Å². The lowest BCUT2D eigenvalue weighted by Gasteiger charge is -1.92.